The standard InChI is InChI=1S/C19H25NS/c1-13(2)16-7-9-17(10-8-16)18(20)12-21-19-11-14(3)5-6-15(19)4/h5-11,13,18H,12,20H2,1-4H3. The molecule has 0 aliphatic heterocycles. The molecule has 0 bridgehead atoms. The van der Waals surface area contributed by atoms with Gasteiger partial charge >= 0.3 is 0 Å². The van der Waals surface area contributed by atoms with Crippen molar-refractivity contribution in [3.8, 4) is 0 Å². The minimum atomic E-state index is 0.0797. The first-order chi connectivity index (χ1) is 9.97. The van der Waals surface area contributed by atoms with Crippen molar-refractivity contribution in [3.63, 3.8) is 0 Å². The summed E-state index contributed by atoms with van der Waals surface area (Å²) in [5.41, 5.74) is 11.6. The van der Waals surface area contributed by atoms with Crippen molar-refractivity contribution in [2.24, 2.45) is 5.73 Å². The normalized spacial score (nSPS) is 12.7. The molecule has 2 aromatic carbocycles. The SMILES string of the molecule is Cc1ccc(C)c(SCC(N)c2ccc(C(C)C)cc2)c1. The van der Waals surface area contributed by atoms with Crippen molar-refractivity contribution in [2.75, 3.05) is 5.75 Å². The van der Waals surface area contributed by atoms with E-state index >= 15 is 0 Å². The van der Waals surface area contributed by atoms with Gasteiger partial charge in [0.25, 0.3) is 0 Å². The topological polar surface area (TPSA) is 26.0 Å². The monoisotopic (exact) mass is 299 g/mol. The van der Waals surface area contributed by atoms with Gasteiger partial charge in [-0.05, 0) is 42.5 Å². The van der Waals surface area contributed by atoms with E-state index in [1.165, 1.54) is 27.1 Å². The number of aryl methyl sites for hydroxylation is 2. The Kier molecular flexibility index (Phi) is 5.49. The van der Waals surface area contributed by atoms with E-state index in [9.17, 15) is 0 Å². The van der Waals surface area contributed by atoms with Crippen molar-refractivity contribution in [3.05, 3.63) is 64.7 Å². The fourth-order valence-corrected chi connectivity index (χ4v) is 3.38. The quantitative estimate of drug-likeness (QED) is 0.766. The van der Waals surface area contributed by atoms with Crippen LogP contribution in [0.4, 0.5) is 0 Å². The maximum atomic E-state index is 6.34. The van der Waals surface area contributed by atoms with Gasteiger partial charge in [-0.1, -0.05) is 55.8 Å². The molecule has 2 heteroatoms. The third kappa shape index (κ3) is 4.36. The van der Waals surface area contributed by atoms with Gasteiger partial charge in [-0.3, -0.25) is 0 Å². The Hall–Kier alpha value is -1.25. The predicted octanol–water partition coefficient (Wildman–Crippen LogP) is 5.22. The molecule has 0 amide bonds. The highest BCUT2D eigenvalue weighted by atomic mass is 32.2. The molecule has 0 aliphatic carbocycles. The fraction of sp³-hybridized carbons (Fsp3) is 0.368. The second-order valence-electron chi connectivity index (χ2n) is 6.01. The number of thioether (sulfide) groups is 1. The molecule has 2 N–H and O–H groups in total. The molecule has 0 fully saturated rings. The van der Waals surface area contributed by atoms with Crippen LogP contribution in [0.3, 0.4) is 0 Å². The van der Waals surface area contributed by atoms with Crippen LogP contribution in [-0.2, 0) is 0 Å². The van der Waals surface area contributed by atoms with E-state index in [1.54, 1.807) is 0 Å². The molecule has 112 valence electrons. The van der Waals surface area contributed by atoms with E-state index in [0.717, 1.165) is 5.75 Å². The molecule has 0 saturated carbocycles. The van der Waals surface area contributed by atoms with Gasteiger partial charge in [-0.25, -0.2) is 0 Å². The summed E-state index contributed by atoms with van der Waals surface area (Å²) < 4.78 is 0. The van der Waals surface area contributed by atoms with E-state index in [4.69, 9.17) is 5.73 Å². The average Bonchev–Trinajstić information content (AvgIpc) is 2.48. The summed E-state index contributed by atoms with van der Waals surface area (Å²) in [7, 11) is 0. The van der Waals surface area contributed by atoms with Gasteiger partial charge in [0.2, 0.25) is 0 Å². The van der Waals surface area contributed by atoms with Crippen molar-refractivity contribution in [1.82, 2.24) is 0 Å². The summed E-state index contributed by atoms with van der Waals surface area (Å²) >= 11 is 1.85. The number of rotatable bonds is 5. The first-order valence-corrected chi connectivity index (χ1v) is 8.51. The molecular formula is C19H25NS. The zero-order valence-corrected chi connectivity index (χ0v) is 14.2. The Labute approximate surface area is 133 Å². The molecule has 0 aromatic heterocycles. The third-order valence-corrected chi connectivity index (χ3v) is 5.07. The van der Waals surface area contributed by atoms with E-state index in [-0.39, 0.29) is 6.04 Å². The molecular weight excluding hydrogens is 274 g/mol. The number of hydrogen-bond donors (Lipinski definition) is 1. The van der Waals surface area contributed by atoms with Gasteiger partial charge in [0, 0.05) is 16.7 Å². The molecule has 0 radical (unpaired) electrons. The van der Waals surface area contributed by atoms with Gasteiger partial charge in [0.05, 0.1) is 0 Å². The Morgan fingerprint density at radius 3 is 2.19 bits per heavy atom. The van der Waals surface area contributed by atoms with Gasteiger partial charge in [0.15, 0.2) is 0 Å². The average molecular weight is 299 g/mol. The largest absolute Gasteiger partial charge is 0.323 e. The Morgan fingerprint density at radius 2 is 1.57 bits per heavy atom. The van der Waals surface area contributed by atoms with Crippen LogP contribution in [0.2, 0.25) is 0 Å². The molecule has 0 saturated heterocycles. The summed E-state index contributed by atoms with van der Waals surface area (Å²) in [6.07, 6.45) is 0. The number of benzene rings is 2. The molecule has 0 aliphatic rings. The summed E-state index contributed by atoms with van der Waals surface area (Å²) in [4.78, 5) is 1.34. The van der Waals surface area contributed by atoms with E-state index in [0.29, 0.717) is 5.92 Å². The molecule has 0 heterocycles. The molecule has 2 rings (SSSR count). The summed E-state index contributed by atoms with van der Waals surface area (Å²) in [5, 5.41) is 0. The zero-order valence-electron chi connectivity index (χ0n) is 13.4. The maximum absolute atomic E-state index is 6.34. The van der Waals surface area contributed by atoms with Gasteiger partial charge < -0.3 is 5.73 Å². The smallest absolute Gasteiger partial charge is 0.0390 e. The summed E-state index contributed by atoms with van der Waals surface area (Å²) in [6.45, 7) is 8.72. The third-order valence-electron chi connectivity index (χ3n) is 3.79. The first-order valence-electron chi connectivity index (χ1n) is 7.53. The predicted molar refractivity (Wildman–Crippen MR) is 94.1 cm³/mol. The molecule has 1 unspecified atom stereocenters. The second kappa shape index (κ2) is 7.15. The van der Waals surface area contributed by atoms with E-state index in [1.807, 2.05) is 11.8 Å². The van der Waals surface area contributed by atoms with Gasteiger partial charge in [0.1, 0.15) is 0 Å². The van der Waals surface area contributed by atoms with E-state index in [2.05, 4.69) is 70.2 Å². The minimum absolute atomic E-state index is 0.0797. The fourth-order valence-electron chi connectivity index (χ4n) is 2.27. The first kappa shape index (κ1) is 16.1. The maximum Gasteiger partial charge on any atom is 0.0390 e. The molecule has 1 atom stereocenters. The van der Waals surface area contributed by atoms with Crippen LogP contribution in [-0.4, -0.2) is 5.75 Å². The highest BCUT2D eigenvalue weighted by molar-refractivity contribution is 7.99. The summed E-state index contributed by atoms with van der Waals surface area (Å²) in [6, 6.07) is 15.4. The second-order valence-corrected chi connectivity index (χ2v) is 7.07. The molecule has 2 aromatic rings. The van der Waals surface area contributed by atoms with Crippen LogP contribution >= 0.6 is 11.8 Å². The number of hydrogen-bond acceptors (Lipinski definition) is 2. The van der Waals surface area contributed by atoms with Crippen molar-refractivity contribution >= 4 is 11.8 Å². The lowest BCUT2D eigenvalue weighted by molar-refractivity contribution is 0.822. The van der Waals surface area contributed by atoms with Gasteiger partial charge in [-0.15, -0.1) is 11.8 Å². The van der Waals surface area contributed by atoms with Crippen molar-refractivity contribution < 1.29 is 0 Å². The molecule has 21 heavy (non-hydrogen) atoms. The van der Waals surface area contributed by atoms with Crippen LogP contribution in [0.25, 0.3) is 0 Å². The van der Waals surface area contributed by atoms with Crippen molar-refractivity contribution in [2.45, 2.75) is 44.6 Å². The van der Waals surface area contributed by atoms with Crippen LogP contribution in [0.5, 0.6) is 0 Å². The Balaban J connectivity index is 2.01. The molecule has 1 nitrogen and oxygen atoms in total. The lowest BCUT2D eigenvalue weighted by Gasteiger charge is -2.14. The Morgan fingerprint density at radius 1 is 0.952 bits per heavy atom. The highest BCUT2D eigenvalue weighted by Gasteiger charge is 2.09. The van der Waals surface area contributed by atoms with Crippen LogP contribution in [0.1, 0.15) is 48.1 Å². The van der Waals surface area contributed by atoms with Crippen LogP contribution in [0, 0.1) is 13.8 Å². The van der Waals surface area contributed by atoms with Crippen LogP contribution < -0.4 is 5.73 Å². The lowest BCUT2D eigenvalue weighted by atomic mass is 10.00. The highest BCUT2D eigenvalue weighted by Crippen LogP contribution is 2.27. The van der Waals surface area contributed by atoms with Crippen molar-refractivity contribution in [1.29, 1.82) is 0 Å². The number of nitrogens with two attached hydrogens (primary N) is 1. The minimum Gasteiger partial charge on any atom is -0.323 e. The van der Waals surface area contributed by atoms with E-state index < -0.39 is 0 Å². The zero-order chi connectivity index (χ0) is 15.4. The van der Waals surface area contributed by atoms with Gasteiger partial charge in [-0.2, -0.15) is 0 Å². The molecule has 0 spiro atoms. The van der Waals surface area contributed by atoms with Crippen LogP contribution in [0.15, 0.2) is 47.4 Å². The Bertz CT molecular complexity index is 587. The lowest BCUT2D eigenvalue weighted by Crippen LogP contribution is -2.13. The summed E-state index contributed by atoms with van der Waals surface area (Å²) in [5.74, 6) is 1.48.